The summed E-state index contributed by atoms with van der Waals surface area (Å²) in [7, 11) is 0. The lowest BCUT2D eigenvalue weighted by molar-refractivity contribution is -0.138. The van der Waals surface area contributed by atoms with E-state index in [1.807, 2.05) is 0 Å². The maximum Gasteiger partial charge on any atom is 0.342 e. The highest BCUT2D eigenvalue weighted by atomic mass is 19.1. The summed E-state index contributed by atoms with van der Waals surface area (Å²) in [5.41, 5.74) is -0.0320. The Morgan fingerprint density at radius 3 is 2.63 bits per heavy atom. The first-order chi connectivity index (χ1) is 9.06. The average Bonchev–Trinajstić information content (AvgIpc) is 2.77. The molecule has 0 saturated carbocycles. The van der Waals surface area contributed by atoms with Gasteiger partial charge in [-0.2, -0.15) is 0 Å². The summed E-state index contributed by atoms with van der Waals surface area (Å²) in [6.45, 7) is 0.0156. The van der Waals surface area contributed by atoms with E-state index in [1.54, 1.807) is 0 Å². The number of carboxylic acids is 1. The number of carboxylic acid groups (broad SMARTS) is 1. The summed E-state index contributed by atoms with van der Waals surface area (Å²) in [6.07, 6.45) is 0. The Balaban J connectivity index is 2.10. The lowest BCUT2D eigenvalue weighted by Gasteiger charge is -2.13. The molecule has 0 bridgehead atoms. The number of hydrogen-bond acceptors (Lipinski definition) is 4. The number of nitrogens with one attached hydrogen (secondary N) is 3. The van der Waals surface area contributed by atoms with Crippen LogP contribution in [0.2, 0.25) is 0 Å². The number of hydrogen-bond donors (Lipinski definition) is 4. The largest absolute Gasteiger partial charge is 0.481 e. The maximum atomic E-state index is 12.8. The molecule has 7 nitrogen and oxygen atoms in total. The topological polar surface area (TPSA) is 111 Å². The quantitative estimate of drug-likeness (QED) is 0.630. The minimum atomic E-state index is -1.06. The molecule has 0 aliphatic heterocycles. The third-order valence-corrected chi connectivity index (χ3v) is 2.55. The van der Waals surface area contributed by atoms with Gasteiger partial charge in [0, 0.05) is 6.54 Å². The molecule has 8 heteroatoms. The van der Waals surface area contributed by atoms with Crippen molar-refractivity contribution in [2.75, 3.05) is 11.9 Å². The van der Waals surface area contributed by atoms with Crippen molar-refractivity contribution < 1.29 is 14.3 Å². The molecule has 1 aromatic carbocycles. The van der Waals surface area contributed by atoms with Crippen LogP contribution in [0, 0.1) is 5.82 Å². The second kappa shape index (κ2) is 5.34. The minimum Gasteiger partial charge on any atom is -0.481 e. The summed E-state index contributed by atoms with van der Waals surface area (Å²) >= 11 is 0. The van der Waals surface area contributed by atoms with Gasteiger partial charge in [-0.3, -0.25) is 9.78 Å². The van der Waals surface area contributed by atoms with Gasteiger partial charge in [0.25, 0.3) is 0 Å². The van der Waals surface area contributed by atoms with Crippen LogP contribution in [-0.4, -0.2) is 32.8 Å². The highest BCUT2D eigenvalue weighted by Crippen LogP contribution is 2.17. The molecule has 0 aliphatic rings. The van der Waals surface area contributed by atoms with E-state index in [1.165, 1.54) is 24.3 Å². The lowest BCUT2D eigenvalue weighted by atomic mass is 9.99. The van der Waals surface area contributed by atoms with Crippen LogP contribution in [-0.2, 0) is 4.79 Å². The second-order valence-corrected chi connectivity index (χ2v) is 3.85. The molecular formula is C11H11FN4O3. The fourth-order valence-electron chi connectivity index (χ4n) is 1.60. The Labute approximate surface area is 106 Å². The van der Waals surface area contributed by atoms with E-state index in [0.29, 0.717) is 5.56 Å². The van der Waals surface area contributed by atoms with Gasteiger partial charge in [0.1, 0.15) is 5.82 Å². The van der Waals surface area contributed by atoms with Crippen LogP contribution in [0.25, 0.3) is 0 Å². The van der Waals surface area contributed by atoms with E-state index in [0.717, 1.165) is 0 Å². The number of anilines is 1. The van der Waals surface area contributed by atoms with Crippen LogP contribution in [0.4, 0.5) is 10.3 Å². The van der Waals surface area contributed by atoms with Gasteiger partial charge in [0.2, 0.25) is 5.95 Å². The molecular weight excluding hydrogens is 255 g/mol. The van der Waals surface area contributed by atoms with Crippen molar-refractivity contribution >= 4 is 11.9 Å². The number of halogens is 1. The van der Waals surface area contributed by atoms with Crippen molar-refractivity contribution in [3.05, 3.63) is 46.1 Å². The van der Waals surface area contributed by atoms with Crippen LogP contribution in [0.1, 0.15) is 11.5 Å². The zero-order valence-electron chi connectivity index (χ0n) is 9.68. The molecule has 1 atom stereocenters. The normalized spacial score (nSPS) is 12.1. The van der Waals surface area contributed by atoms with E-state index >= 15 is 0 Å². The van der Waals surface area contributed by atoms with Gasteiger partial charge in [-0.25, -0.2) is 14.3 Å². The number of aliphatic carboxylic acids is 1. The van der Waals surface area contributed by atoms with E-state index in [2.05, 4.69) is 20.5 Å². The van der Waals surface area contributed by atoms with Crippen molar-refractivity contribution in [3.63, 3.8) is 0 Å². The Bertz CT molecular complexity index is 619. The molecule has 0 aliphatic carbocycles. The zero-order valence-corrected chi connectivity index (χ0v) is 9.68. The summed E-state index contributed by atoms with van der Waals surface area (Å²) in [4.78, 5) is 24.3. The fraction of sp³-hybridized carbons (Fsp3) is 0.182. The van der Waals surface area contributed by atoms with E-state index < -0.39 is 23.4 Å². The molecule has 2 aromatic rings. The van der Waals surface area contributed by atoms with Crippen molar-refractivity contribution in [1.29, 1.82) is 0 Å². The lowest BCUT2D eigenvalue weighted by Crippen LogP contribution is -2.21. The summed E-state index contributed by atoms with van der Waals surface area (Å²) in [5.74, 6) is -2.21. The summed E-state index contributed by atoms with van der Waals surface area (Å²) in [6, 6.07) is 5.20. The van der Waals surface area contributed by atoms with Crippen molar-refractivity contribution in [1.82, 2.24) is 15.2 Å². The molecule has 1 heterocycles. The number of nitrogens with zero attached hydrogens (tertiary/aromatic N) is 1. The Kier molecular flexibility index (Phi) is 3.60. The molecule has 100 valence electrons. The Morgan fingerprint density at radius 1 is 1.42 bits per heavy atom. The SMILES string of the molecule is O=C(O)C(CNc1n[nH]c(=O)[nH]1)c1ccc(F)cc1. The number of benzene rings is 1. The Morgan fingerprint density at radius 2 is 2.11 bits per heavy atom. The molecule has 0 fully saturated rings. The first kappa shape index (κ1) is 12.8. The number of aromatic nitrogens is 3. The van der Waals surface area contributed by atoms with Gasteiger partial charge >= 0.3 is 11.7 Å². The van der Waals surface area contributed by atoms with Gasteiger partial charge in [-0.05, 0) is 17.7 Å². The number of carbonyl (C=O) groups is 1. The van der Waals surface area contributed by atoms with Crippen LogP contribution in [0.15, 0.2) is 29.1 Å². The molecule has 19 heavy (non-hydrogen) atoms. The number of H-pyrrole nitrogens is 2. The Hall–Kier alpha value is -2.64. The van der Waals surface area contributed by atoms with Gasteiger partial charge in [-0.1, -0.05) is 12.1 Å². The van der Waals surface area contributed by atoms with Crippen LogP contribution in [0.5, 0.6) is 0 Å². The first-order valence-corrected chi connectivity index (χ1v) is 5.43. The van der Waals surface area contributed by atoms with Gasteiger partial charge in [-0.15, -0.1) is 5.10 Å². The van der Waals surface area contributed by atoms with Crippen LogP contribution in [0.3, 0.4) is 0 Å². The highest BCUT2D eigenvalue weighted by molar-refractivity contribution is 5.76. The molecule has 1 unspecified atom stereocenters. The standard InChI is InChI=1S/C11H11FN4O3/c12-7-3-1-6(2-4-7)8(9(17)18)5-13-10-14-11(19)16-15-10/h1-4,8H,5H2,(H,17,18)(H3,13,14,15,16,19). The van der Waals surface area contributed by atoms with Crippen molar-refractivity contribution in [3.8, 4) is 0 Å². The first-order valence-electron chi connectivity index (χ1n) is 5.43. The van der Waals surface area contributed by atoms with Gasteiger partial charge < -0.3 is 10.4 Å². The minimum absolute atomic E-state index is 0.0156. The molecule has 1 aromatic heterocycles. The predicted octanol–water partition coefficient (Wildman–Crippen LogP) is 0.517. The molecule has 2 rings (SSSR count). The summed E-state index contributed by atoms with van der Waals surface area (Å²) in [5, 5.41) is 17.6. The average molecular weight is 266 g/mol. The summed E-state index contributed by atoms with van der Waals surface area (Å²) < 4.78 is 12.8. The smallest absolute Gasteiger partial charge is 0.342 e. The zero-order chi connectivity index (χ0) is 13.8. The van der Waals surface area contributed by atoms with E-state index in [4.69, 9.17) is 5.11 Å². The second-order valence-electron chi connectivity index (χ2n) is 3.85. The third kappa shape index (κ3) is 3.18. The fourth-order valence-corrected chi connectivity index (χ4v) is 1.60. The molecule has 0 saturated heterocycles. The van der Waals surface area contributed by atoms with Gasteiger partial charge in [0.15, 0.2) is 0 Å². The monoisotopic (exact) mass is 266 g/mol. The molecule has 0 radical (unpaired) electrons. The van der Waals surface area contributed by atoms with Crippen molar-refractivity contribution in [2.45, 2.75) is 5.92 Å². The van der Waals surface area contributed by atoms with E-state index in [9.17, 15) is 14.0 Å². The predicted molar refractivity (Wildman–Crippen MR) is 64.5 cm³/mol. The van der Waals surface area contributed by atoms with Crippen molar-refractivity contribution in [2.24, 2.45) is 0 Å². The molecule has 4 N–H and O–H groups in total. The van der Waals surface area contributed by atoms with Gasteiger partial charge in [0.05, 0.1) is 5.92 Å². The van der Waals surface area contributed by atoms with Crippen LogP contribution >= 0.6 is 0 Å². The highest BCUT2D eigenvalue weighted by Gasteiger charge is 2.20. The molecule has 0 spiro atoms. The third-order valence-electron chi connectivity index (χ3n) is 2.55. The maximum absolute atomic E-state index is 12.8. The molecule has 0 amide bonds. The number of aromatic amines is 2. The number of rotatable bonds is 5. The van der Waals surface area contributed by atoms with E-state index in [-0.39, 0.29) is 12.5 Å². The van der Waals surface area contributed by atoms with Crippen LogP contribution < -0.4 is 11.0 Å².